The summed E-state index contributed by atoms with van der Waals surface area (Å²) in [6.07, 6.45) is 3.95. The summed E-state index contributed by atoms with van der Waals surface area (Å²) in [5, 5.41) is 3.85. The van der Waals surface area contributed by atoms with Gasteiger partial charge in [-0.3, -0.25) is 9.55 Å². The number of imidazole rings is 1. The summed E-state index contributed by atoms with van der Waals surface area (Å²) < 4.78 is 15.6. The quantitative estimate of drug-likeness (QED) is 0.556. The Hall–Kier alpha value is -2.99. The lowest BCUT2D eigenvalue weighted by atomic mass is 10.3. The maximum atomic E-state index is 13.7. The highest BCUT2D eigenvalue weighted by Crippen LogP contribution is 2.23. The molecule has 0 saturated carbocycles. The third kappa shape index (κ3) is 3.11. The van der Waals surface area contributed by atoms with Crippen LogP contribution in [0.4, 0.5) is 15.9 Å². The van der Waals surface area contributed by atoms with Gasteiger partial charge in [-0.1, -0.05) is 18.5 Å². The minimum atomic E-state index is -0.315. The van der Waals surface area contributed by atoms with Crippen LogP contribution in [-0.2, 0) is 6.42 Å². The molecule has 0 saturated heterocycles. The summed E-state index contributed by atoms with van der Waals surface area (Å²) in [5.41, 5.74) is 2.24. The Kier molecular flexibility index (Phi) is 4.26. The van der Waals surface area contributed by atoms with Gasteiger partial charge in [0.2, 0.25) is 0 Å². The Labute approximate surface area is 154 Å². The van der Waals surface area contributed by atoms with Crippen LogP contribution in [0.5, 0.6) is 0 Å². The molecule has 0 atom stereocenters. The molecule has 0 aliphatic heterocycles. The number of hydrogen-bond donors (Lipinski definition) is 1. The van der Waals surface area contributed by atoms with E-state index in [0.29, 0.717) is 28.6 Å². The van der Waals surface area contributed by atoms with E-state index in [4.69, 9.17) is 11.6 Å². The zero-order chi connectivity index (χ0) is 18.1. The van der Waals surface area contributed by atoms with Gasteiger partial charge in [-0.2, -0.15) is 0 Å². The Morgan fingerprint density at radius 1 is 1.08 bits per heavy atom. The van der Waals surface area contributed by atoms with Crippen LogP contribution in [0.2, 0.25) is 5.02 Å². The van der Waals surface area contributed by atoms with Gasteiger partial charge in [0.25, 0.3) is 0 Å². The highest BCUT2D eigenvalue weighted by molar-refractivity contribution is 6.30. The zero-order valence-electron chi connectivity index (χ0n) is 13.9. The lowest BCUT2D eigenvalue weighted by Crippen LogP contribution is -2.05. The van der Waals surface area contributed by atoms with Gasteiger partial charge in [-0.05, 0) is 36.4 Å². The first-order valence-electron chi connectivity index (χ1n) is 8.16. The molecular weight excluding hydrogens is 353 g/mol. The lowest BCUT2D eigenvalue weighted by molar-refractivity contribution is 0.629. The first-order chi connectivity index (χ1) is 12.6. The summed E-state index contributed by atoms with van der Waals surface area (Å²) in [6, 6.07) is 11.8. The van der Waals surface area contributed by atoms with E-state index in [2.05, 4.69) is 20.3 Å². The van der Waals surface area contributed by atoms with Crippen molar-refractivity contribution in [3.8, 4) is 5.82 Å². The predicted octanol–water partition coefficient (Wildman–Crippen LogP) is 4.91. The Morgan fingerprint density at radius 2 is 1.88 bits per heavy atom. The highest BCUT2D eigenvalue weighted by atomic mass is 35.5. The van der Waals surface area contributed by atoms with E-state index in [0.717, 1.165) is 17.0 Å². The average molecular weight is 368 g/mol. The summed E-state index contributed by atoms with van der Waals surface area (Å²) in [6.45, 7) is 2.00. The van der Waals surface area contributed by atoms with Gasteiger partial charge in [-0.25, -0.2) is 14.4 Å². The summed E-state index contributed by atoms with van der Waals surface area (Å²) in [4.78, 5) is 13.4. The number of anilines is 2. The van der Waals surface area contributed by atoms with Crippen LogP contribution in [-0.4, -0.2) is 19.5 Å². The van der Waals surface area contributed by atoms with Crippen molar-refractivity contribution in [2.24, 2.45) is 0 Å². The summed E-state index contributed by atoms with van der Waals surface area (Å²) >= 11 is 5.91. The minimum absolute atomic E-state index is 0.315. The molecule has 7 heteroatoms. The molecule has 0 aliphatic rings. The predicted molar refractivity (Wildman–Crippen MR) is 101 cm³/mol. The van der Waals surface area contributed by atoms with Gasteiger partial charge < -0.3 is 5.32 Å². The molecule has 4 rings (SSSR count). The number of halogens is 2. The second kappa shape index (κ2) is 6.72. The van der Waals surface area contributed by atoms with Crippen LogP contribution in [0.3, 0.4) is 0 Å². The van der Waals surface area contributed by atoms with Gasteiger partial charge >= 0.3 is 0 Å². The van der Waals surface area contributed by atoms with Crippen LogP contribution < -0.4 is 5.32 Å². The lowest BCUT2D eigenvalue weighted by Gasteiger charge is -2.10. The van der Waals surface area contributed by atoms with E-state index in [9.17, 15) is 4.39 Å². The van der Waals surface area contributed by atoms with Gasteiger partial charge in [0.15, 0.2) is 11.6 Å². The van der Waals surface area contributed by atoms with Crippen LogP contribution in [0, 0.1) is 5.82 Å². The molecular formula is C19H15ClFN5. The van der Waals surface area contributed by atoms with Crippen molar-refractivity contribution in [3.63, 3.8) is 0 Å². The van der Waals surface area contributed by atoms with Crippen molar-refractivity contribution >= 4 is 34.1 Å². The summed E-state index contributed by atoms with van der Waals surface area (Å²) in [5.74, 6) is 1.63. The van der Waals surface area contributed by atoms with Gasteiger partial charge in [0.1, 0.15) is 11.6 Å². The molecule has 4 aromatic rings. The molecule has 0 bridgehead atoms. The molecule has 2 aromatic carbocycles. The fraction of sp³-hybridized carbons (Fsp3) is 0.105. The van der Waals surface area contributed by atoms with E-state index in [1.165, 1.54) is 12.1 Å². The monoisotopic (exact) mass is 367 g/mol. The van der Waals surface area contributed by atoms with E-state index in [1.54, 1.807) is 30.6 Å². The number of benzene rings is 2. The number of nitrogens with one attached hydrogen (secondary N) is 1. The second-order valence-corrected chi connectivity index (χ2v) is 6.18. The normalized spacial score (nSPS) is 11.0. The SMILES string of the molecule is CCc1nc2ccc(F)cc2n1-c1cncc(Nc2ccc(Cl)cc2)n1. The molecule has 2 aromatic heterocycles. The van der Waals surface area contributed by atoms with Crippen molar-refractivity contribution in [1.82, 2.24) is 19.5 Å². The van der Waals surface area contributed by atoms with Crippen LogP contribution >= 0.6 is 11.6 Å². The van der Waals surface area contributed by atoms with Crippen molar-refractivity contribution in [2.75, 3.05) is 5.32 Å². The van der Waals surface area contributed by atoms with Crippen molar-refractivity contribution < 1.29 is 4.39 Å². The number of rotatable bonds is 4. The molecule has 0 spiro atoms. The largest absolute Gasteiger partial charge is 0.339 e. The Balaban J connectivity index is 1.78. The number of nitrogens with zero attached hydrogens (tertiary/aromatic N) is 4. The third-order valence-corrected chi connectivity index (χ3v) is 4.22. The van der Waals surface area contributed by atoms with Gasteiger partial charge in [0.05, 0.1) is 23.4 Å². The van der Waals surface area contributed by atoms with Crippen LogP contribution in [0.1, 0.15) is 12.7 Å². The smallest absolute Gasteiger partial charge is 0.159 e. The van der Waals surface area contributed by atoms with E-state index < -0.39 is 0 Å². The molecule has 130 valence electrons. The third-order valence-electron chi connectivity index (χ3n) is 3.97. The fourth-order valence-electron chi connectivity index (χ4n) is 2.80. The molecule has 0 radical (unpaired) electrons. The van der Waals surface area contributed by atoms with Crippen LogP contribution in [0.15, 0.2) is 54.9 Å². The standard InChI is InChI=1S/C19H15ClFN5/c1-2-18-24-15-8-5-13(21)9-16(15)26(18)19-11-22-10-17(25-19)23-14-6-3-12(20)4-7-14/h3-11H,2H2,1H3,(H,23,25). The van der Waals surface area contributed by atoms with Gasteiger partial charge in [-0.15, -0.1) is 0 Å². The molecule has 26 heavy (non-hydrogen) atoms. The van der Waals surface area contributed by atoms with Crippen LogP contribution in [0.25, 0.3) is 16.9 Å². The first-order valence-corrected chi connectivity index (χ1v) is 8.53. The van der Waals surface area contributed by atoms with Crippen molar-refractivity contribution in [2.45, 2.75) is 13.3 Å². The number of hydrogen-bond acceptors (Lipinski definition) is 4. The minimum Gasteiger partial charge on any atom is -0.339 e. The van der Waals surface area contributed by atoms with Gasteiger partial charge in [0, 0.05) is 23.2 Å². The number of fused-ring (bicyclic) bond motifs is 1. The van der Waals surface area contributed by atoms with Crippen molar-refractivity contribution in [3.05, 3.63) is 71.5 Å². The molecule has 1 N–H and O–H groups in total. The summed E-state index contributed by atoms with van der Waals surface area (Å²) in [7, 11) is 0. The van der Waals surface area contributed by atoms with E-state index in [-0.39, 0.29) is 5.82 Å². The fourth-order valence-corrected chi connectivity index (χ4v) is 2.92. The zero-order valence-corrected chi connectivity index (χ0v) is 14.7. The van der Waals surface area contributed by atoms with E-state index in [1.807, 2.05) is 23.6 Å². The van der Waals surface area contributed by atoms with Crippen molar-refractivity contribution in [1.29, 1.82) is 0 Å². The Bertz CT molecular complexity index is 1080. The number of aromatic nitrogens is 4. The number of aryl methyl sites for hydroxylation is 1. The molecule has 0 unspecified atom stereocenters. The first kappa shape index (κ1) is 16.5. The maximum Gasteiger partial charge on any atom is 0.159 e. The molecule has 0 aliphatic carbocycles. The topological polar surface area (TPSA) is 55.6 Å². The molecule has 2 heterocycles. The maximum absolute atomic E-state index is 13.7. The highest BCUT2D eigenvalue weighted by Gasteiger charge is 2.14. The second-order valence-electron chi connectivity index (χ2n) is 5.74. The van der Waals surface area contributed by atoms with E-state index >= 15 is 0 Å². The average Bonchev–Trinajstić information content (AvgIpc) is 3.01. The molecule has 0 amide bonds. The molecule has 5 nitrogen and oxygen atoms in total. The Morgan fingerprint density at radius 3 is 2.65 bits per heavy atom. The molecule has 0 fully saturated rings.